The van der Waals surface area contributed by atoms with Gasteiger partial charge in [-0.3, -0.25) is 5.10 Å². The van der Waals surface area contributed by atoms with Crippen LogP contribution < -0.4 is 5.73 Å². The molecule has 3 N–H and O–H groups in total. The number of H-pyrrole nitrogens is 1. The highest BCUT2D eigenvalue weighted by Crippen LogP contribution is 2.34. The van der Waals surface area contributed by atoms with Crippen LogP contribution in [0.5, 0.6) is 0 Å². The van der Waals surface area contributed by atoms with Crippen molar-refractivity contribution in [2.24, 2.45) is 5.73 Å². The van der Waals surface area contributed by atoms with Crippen molar-refractivity contribution < 1.29 is 0 Å². The van der Waals surface area contributed by atoms with Gasteiger partial charge in [0, 0.05) is 12.3 Å². The van der Waals surface area contributed by atoms with Crippen LogP contribution >= 0.6 is 0 Å². The topological polar surface area (TPSA) is 72.0 Å². The van der Waals surface area contributed by atoms with Crippen LogP contribution in [0.2, 0.25) is 0 Å². The van der Waals surface area contributed by atoms with Crippen molar-refractivity contribution in [2.75, 3.05) is 6.54 Å². The third kappa shape index (κ3) is 1.35. The van der Waals surface area contributed by atoms with Gasteiger partial charge in [-0.1, -0.05) is 6.42 Å². The molecule has 2 aromatic heterocycles. The fourth-order valence-corrected chi connectivity index (χ4v) is 2.28. The molecule has 5 heteroatoms. The lowest BCUT2D eigenvalue weighted by Gasteiger charge is -2.22. The van der Waals surface area contributed by atoms with Crippen LogP contribution in [-0.4, -0.2) is 26.1 Å². The molecular weight excluding hydrogens is 202 g/mol. The largest absolute Gasteiger partial charge is 0.330 e. The minimum Gasteiger partial charge on any atom is -0.330 e. The molecule has 5 nitrogen and oxygen atoms in total. The molecule has 3 rings (SSSR count). The van der Waals surface area contributed by atoms with E-state index in [4.69, 9.17) is 5.73 Å². The number of hydrogen-bond acceptors (Lipinski definition) is 3. The summed E-state index contributed by atoms with van der Waals surface area (Å²) in [5.74, 6) is 2.50. The molecule has 0 atom stereocenters. The number of nitrogens with two attached hydrogens (primary N) is 1. The molecule has 0 aromatic carbocycles. The summed E-state index contributed by atoms with van der Waals surface area (Å²) in [6.45, 7) is 2.66. The van der Waals surface area contributed by atoms with Crippen molar-refractivity contribution in [1.82, 2.24) is 19.6 Å². The van der Waals surface area contributed by atoms with Crippen molar-refractivity contribution in [3.8, 4) is 0 Å². The van der Waals surface area contributed by atoms with E-state index in [9.17, 15) is 0 Å². The highest BCUT2D eigenvalue weighted by atomic mass is 15.3. The minimum absolute atomic E-state index is 0.618. The first-order valence-electron chi connectivity index (χ1n) is 5.93. The minimum atomic E-state index is 0.618. The van der Waals surface area contributed by atoms with Crippen LogP contribution in [0.15, 0.2) is 0 Å². The molecule has 0 radical (unpaired) electrons. The number of aromatic amines is 1. The summed E-state index contributed by atoms with van der Waals surface area (Å²) in [6.07, 6.45) is 4.67. The standard InChI is InChI=1S/C11H17N5/c1-7-9(5-6-12)16-11(13-7)14-10(15-16)8-3-2-4-8/h8H,2-6,12H2,1H3,(H,13,14,15). The highest BCUT2D eigenvalue weighted by molar-refractivity contribution is 5.35. The van der Waals surface area contributed by atoms with Crippen LogP contribution in [0.3, 0.4) is 0 Å². The third-order valence-corrected chi connectivity index (χ3v) is 3.48. The monoisotopic (exact) mass is 219 g/mol. The molecule has 0 spiro atoms. The quantitative estimate of drug-likeness (QED) is 0.813. The van der Waals surface area contributed by atoms with Crippen LogP contribution in [0, 0.1) is 6.92 Å². The van der Waals surface area contributed by atoms with Crippen LogP contribution in [0.25, 0.3) is 5.78 Å². The van der Waals surface area contributed by atoms with Gasteiger partial charge >= 0.3 is 0 Å². The second-order valence-electron chi connectivity index (χ2n) is 4.55. The molecule has 0 amide bonds. The first-order chi connectivity index (χ1) is 7.79. The molecule has 2 heterocycles. The molecule has 16 heavy (non-hydrogen) atoms. The summed E-state index contributed by atoms with van der Waals surface area (Å²) in [6, 6.07) is 0. The molecule has 1 aliphatic rings. The maximum atomic E-state index is 5.61. The van der Waals surface area contributed by atoms with E-state index < -0.39 is 0 Å². The Morgan fingerprint density at radius 2 is 2.25 bits per heavy atom. The number of aromatic nitrogens is 4. The van der Waals surface area contributed by atoms with Crippen LogP contribution in [0.1, 0.15) is 42.4 Å². The van der Waals surface area contributed by atoms with Gasteiger partial charge in [0.1, 0.15) is 5.82 Å². The lowest BCUT2D eigenvalue weighted by Crippen LogP contribution is -2.11. The number of fused-ring (bicyclic) bond motifs is 1. The van der Waals surface area contributed by atoms with E-state index in [0.717, 1.165) is 29.4 Å². The highest BCUT2D eigenvalue weighted by Gasteiger charge is 2.24. The smallest absolute Gasteiger partial charge is 0.251 e. The zero-order valence-corrected chi connectivity index (χ0v) is 9.53. The fraction of sp³-hybridized carbons (Fsp3) is 0.636. The number of nitrogens with zero attached hydrogens (tertiary/aromatic N) is 3. The Hall–Kier alpha value is -1.36. The number of nitrogens with one attached hydrogen (secondary N) is 1. The second-order valence-corrected chi connectivity index (χ2v) is 4.55. The van der Waals surface area contributed by atoms with Gasteiger partial charge in [0.15, 0.2) is 0 Å². The lowest BCUT2D eigenvalue weighted by molar-refractivity contribution is 0.401. The van der Waals surface area contributed by atoms with Gasteiger partial charge in [0.05, 0.1) is 11.4 Å². The number of imidazole rings is 1. The first-order valence-corrected chi connectivity index (χ1v) is 5.93. The van der Waals surface area contributed by atoms with E-state index in [1.54, 1.807) is 0 Å². The van der Waals surface area contributed by atoms with Gasteiger partial charge in [0.2, 0.25) is 0 Å². The predicted octanol–water partition coefficient (Wildman–Crippen LogP) is 1.13. The molecule has 1 aliphatic carbocycles. The van der Waals surface area contributed by atoms with Crippen molar-refractivity contribution in [2.45, 2.75) is 38.5 Å². The van der Waals surface area contributed by atoms with Crippen molar-refractivity contribution in [3.05, 3.63) is 17.2 Å². The van der Waals surface area contributed by atoms with Crippen molar-refractivity contribution in [3.63, 3.8) is 0 Å². The molecule has 2 aromatic rings. The number of hydrogen-bond donors (Lipinski definition) is 2. The van der Waals surface area contributed by atoms with Crippen LogP contribution in [-0.2, 0) is 6.42 Å². The van der Waals surface area contributed by atoms with Crippen molar-refractivity contribution >= 4 is 5.78 Å². The van der Waals surface area contributed by atoms with Gasteiger partial charge in [-0.2, -0.15) is 4.98 Å². The Labute approximate surface area is 94.1 Å². The molecule has 0 bridgehead atoms. The summed E-state index contributed by atoms with van der Waals surface area (Å²) in [7, 11) is 0. The Morgan fingerprint density at radius 3 is 2.88 bits per heavy atom. The van der Waals surface area contributed by atoms with Gasteiger partial charge in [-0.25, -0.2) is 9.50 Å². The maximum Gasteiger partial charge on any atom is 0.251 e. The average molecular weight is 219 g/mol. The van der Waals surface area contributed by atoms with E-state index in [1.807, 2.05) is 11.4 Å². The average Bonchev–Trinajstić information content (AvgIpc) is 2.65. The molecule has 0 unspecified atom stereocenters. The molecule has 86 valence electrons. The first kappa shape index (κ1) is 9.84. The Kier molecular flexibility index (Phi) is 2.21. The zero-order valence-electron chi connectivity index (χ0n) is 9.53. The van der Waals surface area contributed by atoms with E-state index in [-0.39, 0.29) is 0 Å². The van der Waals surface area contributed by atoms with E-state index in [1.165, 1.54) is 19.3 Å². The Bertz CT molecular complexity index is 506. The number of rotatable bonds is 3. The van der Waals surface area contributed by atoms with E-state index >= 15 is 0 Å². The lowest BCUT2D eigenvalue weighted by atomic mass is 9.85. The molecular formula is C11H17N5. The van der Waals surface area contributed by atoms with Crippen LogP contribution in [0.4, 0.5) is 0 Å². The fourth-order valence-electron chi connectivity index (χ4n) is 2.28. The molecule has 1 fully saturated rings. The van der Waals surface area contributed by atoms with E-state index in [0.29, 0.717) is 12.5 Å². The van der Waals surface area contributed by atoms with Gasteiger partial charge in [0.25, 0.3) is 5.78 Å². The summed E-state index contributed by atoms with van der Waals surface area (Å²) in [5.41, 5.74) is 7.80. The van der Waals surface area contributed by atoms with Gasteiger partial charge < -0.3 is 5.73 Å². The third-order valence-electron chi connectivity index (χ3n) is 3.48. The second kappa shape index (κ2) is 3.59. The summed E-state index contributed by atoms with van der Waals surface area (Å²) >= 11 is 0. The van der Waals surface area contributed by atoms with E-state index in [2.05, 4.69) is 15.1 Å². The summed E-state index contributed by atoms with van der Waals surface area (Å²) in [5, 5.41) is 3.36. The normalized spacial score (nSPS) is 16.9. The van der Waals surface area contributed by atoms with Crippen molar-refractivity contribution in [1.29, 1.82) is 0 Å². The SMILES string of the molecule is Cc1nc2nc(C3CCC3)[nH]n2c1CCN. The number of aryl methyl sites for hydroxylation is 1. The van der Waals surface area contributed by atoms with Gasteiger partial charge in [-0.05, 0) is 26.3 Å². The maximum absolute atomic E-state index is 5.61. The molecule has 0 aliphatic heterocycles. The molecule has 0 saturated heterocycles. The predicted molar refractivity (Wildman–Crippen MR) is 61.4 cm³/mol. The zero-order chi connectivity index (χ0) is 11.1. The Morgan fingerprint density at radius 1 is 1.44 bits per heavy atom. The Balaban J connectivity index is 2.03. The van der Waals surface area contributed by atoms with Gasteiger partial charge in [-0.15, -0.1) is 0 Å². The summed E-state index contributed by atoms with van der Waals surface area (Å²) < 4.78 is 2.00. The summed E-state index contributed by atoms with van der Waals surface area (Å²) in [4.78, 5) is 9.01. The molecule has 1 saturated carbocycles.